The quantitative estimate of drug-likeness (QED) is 0.912. The maximum Gasteiger partial charge on any atom is 0.223 e. The van der Waals surface area contributed by atoms with Gasteiger partial charge in [-0.05, 0) is 25.8 Å². The molecule has 3 rings (SSSR count). The molecule has 0 atom stereocenters. The number of rotatable bonds is 2. The highest BCUT2D eigenvalue weighted by atomic mass is 32.1. The topological polar surface area (TPSA) is 64.3 Å². The van der Waals surface area contributed by atoms with Crippen LogP contribution in [0, 0.1) is 6.92 Å². The third kappa shape index (κ3) is 2.37. The highest BCUT2D eigenvalue weighted by Gasteiger charge is 2.22. The van der Waals surface area contributed by atoms with Crippen LogP contribution in [0.25, 0.3) is 10.2 Å². The smallest absolute Gasteiger partial charge is 0.223 e. The Hall–Kier alpha value is -1.40. The van der Waals surface area contributed by atoms with Gasteiger partial charge in [-0.3, -0.25) is 0 Å². The van der Waals surface area contributed by atoms with E-state index in [2.05, 4.69) is 27.9 Å². The number of nitrogen functional groups attached to an aromatic ring is 1. The fourth-order valence-corrected chi connectivity index (χ4v) is 3.47. The summed E-state index contributed by atoms with van der Waals surface area (Å²) in [6.07, 6.45) is 2.44. The Morgan fingerprint density at radius 2 is 2.11 bits per heavy atom. The molecule has 5 nitrogen and oxygen atoms in total. The van der Waals surface area contributed by atoms with Crippen molar-refractivity contribution in [1.82, 2.24) is 9.97 Å². The minimum absolute atomic E-state index is 0.359. The van der Waals surface area contributed by atoms with E-state index in [1.54, 1.807) is 18.4 Å². The van der Waals surface area contributed by atoms with Crippen LogP contribution in [-0.4, -0.2) is 36.3 Å². The number of hydrogen-bond acceptors (Lipinski definition) is 6. The van der Waals surface area contributed by atoms with Crippen LogP contribution in [0.5, 0.6) is 0 Å². The predicted octanol–water partition coefficient (Wildman–Crippen LogP) is 2.20. The van der Waals surface area contributed by atoms with Crippen LogP contribution < -0.4 is 10.6 Å². The predicted molar refractivity (Wildman–Crippen MR) is 78.8 cm³/mol. The second-order valence-electron chi connectivity index (χ2n) is 4.90. The van der Waals surface area contributed by atoms with Crippen molar-refractivity contribution in [1.29, 1.82) is 0 Å². The first-order valence-corrected chi connectivity index (χ1v) is 7.30. The van der Waals surface area contributed by atoms with Gasteiger partial charge in [0.1, 0.15) is 10.6 Å². The lowest BCUT2D eigenvalue weighted by Gasteiger charge is -2.32. The highest BCUT2D eigenvalue weighted by molar-refractivity contribution is 7.18. The van der Waals surface area contributed by atoms with Gasteiger partial charge in [0.2, 0.25) is 5.95 Å². The molecule has 0 amide bonds. The molecule has 0 aromatic carbocycles. The number of nitrogens with zero attached hydrogens (tertiary/aromatic N) is 3. The molecule has 3 heterocycles. The first-order chi connectivity index (χ1) is 9.17. The number of thiophene rings is 1. The molecule has 0 radical (unpaired) electrons. The molecule has 1 aliphatic rings. The van der Waals surface area contributed by atoms with Crippen LogP contribution in [0.15, 0.2) is 6.07 Å². The average Bonchev–Trinajstić information content (AvgIpc) is 2.78. The fraction of sp³-hybridized carbons (Fsp3) is 0.538. The first kappa shape index (κ1) is 12.6. The maximum absolute atomic E-state index is 5.83. The maximum atomic E-state index is 5.83. The molecule has 2 aromatic heterocycles. The summed E-state index contributed by atoms with van der Waals surface area (Å²) >= 11 is 1.67. The Balaban J connectivity index is 1.96. The van der Waals surface area contributed by atoms with Gasteiger partial charge in [0.05, 0.1) is 11.5 Å². The summed E-state index contributed by atoms with van der Waals surface area (Å²) in [7, 11) is 1.78. The molecule has 6 heteroatoms. The molecule has 0 spiro atoms. The minimum atomic E-state index is 0.359. The normalized spacial score (nSPS) is 17.3. The van der Waals surface area contributed by atoms with Gasteiger partial charge in [-0.15, -0.1) is 11.3 Å². The van der Waals surface area contributed by atoms with Crippen molar-refractivity contribution < 1.29 is 4.74 Å². The van der Waals surface area contributed by atoms with Crippen LogP contribution in [0.2, 0.25) is 0 Å². The van der Waals surface area contributed by atoms with E-state index in [1.165, 1.54) is 4.88 Å². The van der Waals surface area contributed by atoms with Crippen molar-refractivity contribution in [2.24, 2.45) is 0 Å². The Bertz CT molecular complexity index is 590. The molecule has 0 saturated carbocycles. The molecular formula is C13H18N4OS. The van der Waals surface area contributed by atoms with Crippen molar-refractivity contribution in [2.45, 2.75) is 25.9 Å². The second-order valence-corrected chi connectivity index (χ2v) is 6.14. The lowest BCUT2D eigenvalue weighted by Crippen LogP contribution is -2.37. The SMILES string of the molecule is COC1CCN(c2nc(N)nc3sc(C)cc23)CC1. The summed E-state index contributed by atoms with van der Waals surface area (Å²) in [4.78, 5) is 13.3. The zero-order valence-electron chi connectivity index (χ0n) is 11.2. The van der Waals surface area contributed by atoms with Crippen molar-refractivity contribution in [2.75, 3.05) is 30.8 Å². The number of hydrogen-bond donors (Lipinski definition) is 1. The van der Waals surface area contributed by atoms with Crippen molar-refractivity contribution in [3.8, 4) is 0 Å². The highest BCUT2D eigenvalue weighted by Crippen LogP contribution is 2.32. The molecule has 2 aromatic rings. The largest absolute Gasteiger partial charge is 0.381 e. The van der Waals surface area contributed by atoms with Gasteiger partial charge in [0.15, 0.2) is 0 Å². The summed E-state index contributed by atoms with van der Waals surface area (Å²) in [5, 5.41) is 1.12. The van der Waals surface area contributed by atoms with Gasteiger partial charge < -0.3 is 15.4 Å². The molecule has 102 valence electrons. The number of piperidine rings is 1. The average molecular weight is 278 g/mol. The number of ether oxygens (including phenoxy) is 1. The van der Waals surface area contributed by atoms with Gasteiger partial charge in [-0.2, -0.15) is 4.98 Å². The molecular weight excluding hydrogens is 260 g/mol. The van der Waals surface area contributed by atoms with Crippen molar-refractivity contribution in [3.63, 3.8) is 0 Å². The van der Waals surface area contributed by atoms with Crippen molar-refractivity contribution in [3.05, 3.63) is 10.9 Å². The first-order valence-electron chi connectivity index (χ1n) is 6.49. The van der Waals surface area contributed by atoms with Crippen LogP contribution in [0.4, 0.5) is 11.8 Å². The van der Waals surface area contributed by atoms with E-state index in [0.29, 0.717) is 12.1 Å². The molecule has 1 aliphatic heterocycles. The third-order valence-electron chi connectivity index (χ3n) is 3.59. The lowest BCUT2D eigenvalue weighted by molar-refractivity contribution is 0.0818. The van der Waals surface area contributed by atoms with Crippen LogP contribution in [0.1, 0.15) is 17.7 Å². The van der Waals surface area contributed by atoms with Crippen LogP contribution >= 0.6 is 11.3 Å². The van der Waals surface area contributed by atoms with E-state index >= 15 is 0 Å². The van der Waals surface area contributed by atoms with Gasteiger partial charge in [-0.25, -0.2) is 4.98 Å². The van der Waals surface area contributed by atoms with Gasteiger partial charge in [-0.1, -0.05) is 0 Å². The van der Waals surface area contributed by atoms with Gasteiger partial charge >= 0.3 is 0 Å². The molecule has 0 unspecified atom stereocenters. The lowest BCUT2D eigenvalue weighted by atomic mass is 10.1. The third-order valence-corrected chi connectivity index (χ3v) is 4.53. The molecule has 0 aliphatic carbocycles. The Morgan fingerprint density at radius 3 is 2.79 bits per heavy atom. The number of methoxy groups -OCH3 is 1. The summed E-state index contributed by atoms with van der Waals surface area (Å²) < 4.78 is 5.41. The van der Waals surface area contributed by atoms with E-state index in [4.69, 9.17) is 10.5 Å². The summed E-state index contributed by atoms with van der Waals surface area (Å²) in [6.45, 7) is 4.00. The molecule has 19 heavy (non-hydrogen) atoms. The summed E-state index contributed by atoms with van der Waals surface area (Å²) in [5.74, 6) is 1.33. The van der Waals surface area contributed by atoms with E-state index in [9.17, 15) is 0 Å². The van der Waals surface area contributed by atoms with Crippen LogP contribution in [-0.2, 0) is 4.74 Å². The Kier molecular flexibility index (Phi) is 3.28. The zero-order chi connectivity index (χ0) is 13.4. The molecule has 2 N–H and O–H groups in total. The molecule has 1 fully saturated rings. The van der Waals surface area contributed by atoms with Gasteiger partial charge in [0.25, 0.3) is 0 Å². The summed E-state index contributed by atoms with van der Waals surface area (Å²) in [5.41, 5.74) is 5.83. The van der Waals surface area contributed by atoms with Gasteiger partial charge in [0, 0.05) is 25.1 Å². The van der Waals surface area contributed by atoms with Crippen LogP contribution in [0.3, 0.4) is 0 Å². The zero-order valence-corrected chi connectivity index (χ0v) is 12.0. The number of nitrogens with two attached hydrogens (primary N) is 1. The second kappa shape index (κ2) is 4.94. The number of anilines is 2. The number of aromatic nitrogens is 2. The minimum Gasteiger partial charge on any atom is -0.381 e. The molecule has 1 saturated heterocycles. The van der Waals surface area contributed by atoms with Crippen molar-refractivity contribution >= 4 is 33.3 Å². The standard InChI is InChI=1S/C13H18N4OS/c1-8-7-10-11(15-13(14)16-12(10)19-8)17-5-3-9(18-2)4-6-17/h7,9H,3-6H2,1-2H3,(H2,14,15,16). The van der Waals surface area contributed by atoms with E-state index in [-0.39, 0.29) is 0 Å². The van der Waals surface area contributed by atoms with E-state index in [0.717, 1.165) is 42.0 Å². The number of fused-ring (bicyclic) bond motifs is 1. The number of aryl methyl sites for hydroxylation is 1. The Morgan fingerprint density at radius 1 is 1.37 bits per heavy atom. The van der Waals surface area contributed by atoms with E-state index < -0.39 is 0 Å². The summed E-state index contributed by atoms with van der Waals surface area (Å²) in [6, 6.07) is 2.15. The molecule has 0 bridgehead atoms. The Labute approximate surface area is 116 Å². The monoisotopic (exact) mass is 278 g/mol. The fourth-order valence-electron chi connectivity index (χ4n) is 2.59. The van der Waals surface area contributed by atoms with E-state index in [1.807, 2.05) is 0 Å².